The maximum Gasteiger partial charge on any atom is 0.250 e. The van der Waals surface area contributed by atoms with E-state index in [0.717, 1.165) is 69.0 Å². The van der Waals surface area contributed by atoms with Crippen LogP contribution >= 0.6 is 0 Å². The number of nitrogens with one attached hydrogen (secondary N) is 1. The molecule has 0 saturated carbocycles. The number of rotatable bonds is 9. The van der Waals surface area contributed by atoms with Crippen LogP contribution in [0.25, 0.3) is 0 Å². The van der Waals surface area contributed by atoms with Crippen LogP contribution in [0.1, 0.15) is 81.1 Å². The molecule has 0 aliphatic carbocycles. The largest absolute Gasteiger partial charge is 0.490 e. The number of likely N-dealkylation sites (tertiary alicyclic amines) is 2. The van der Waals surface area contributed by atoms with E-state index in [0.29, 0.717) is 5.92 Å². The van der Waals surface area contributed by atoms with Gasteiger partial charge in [-0.3, -0.25) is 14.4 Å². The summed E-state index contributed by atoms with van der Waals surface area (Å²) in [5, 5.41) is 3.11. The average molecular weight is 582 g/mol. The van der Waals surface area contributed by atoms with Gasteiger partial charge in [0, 0.05) is 55.8 Å². The number of carbonyl (C=O) groups is 3. The lowest BCUT2D eigenvalue weighted by Crippen LogP contribution is -2.48. The van der Waals surface area contributed by atoms with Gasteiger partial charge in [-0.15, -0.1) is 0 Å². The van der Waals surface area contributed by atoms with E-state index in [4.69, 9.17) is 4.74 Å². The first-order valence-electron chi connectivity index (χ1n) is 16.1. The molecule has 0 aromatic carbocycles. The second kappa shape index (κ2) is 11.6. The number of ether oxygens (including phenoxy) is 1. The lowest BCUT2D eigenvalue weighted by molar-refractivity contribution is -0.129. The van der Waals surface area contributed by atoms with Gasteiger partial charge < -0.3 is 29.7 Å². The molecule has 1 N–H and O–H groups in total. The summed E-state index contributed by atoms with van der Waals surface area (Å²) in [7, 11) is 0. The lowest BCUT2D eigenvalue weighted by Gasteiger charge is -2.37. The first-order chi connectivity index (χ1) is 19.8. The predicted molar refractivity (Wildman–Crippen MR) is 163 cm³/mol. The maximum absolute atomic E-state index is 13.4. The molecule has 42 heavy (non-hydrogen) atoms. The molecule has 0 bridgehead atoms. The summed E-state index contributed by atoms with van der Waals surface area (Å²) in [6.45, 7) is 20.1. The minimum atomic E-state index is -0.366. The first kappa shape index (κ1) is 30.5. The molecule has 6 atom stereocenters. The molecular formula is C33H51N5O4. The summed E-state index contributed by atoms with van der Waals surface area (Å²) in [5.41, 5.74) is 1.76. The minimum absolute atomic E-state index is 0.0170. The monoisotopic (exact) mass is 581 g/mol. The smallest absolute Gasteiger partial charge is 0.250 e. The van der Waals surface area contributed by atoms with E-state index in [9.17, 15) is 14.4 Å². The van der Waals surface area contributed by atoms with Crippen LogP contribution in [-0.2, 0) is 19.1 Å². The Kier molecular flexibility index (Phi) is 8.42. The van der Waals surface area contributed by atoms with Crippen molar-refractivity contribution in [3.05, 3.63) is 35.4 Å². The molecule has 2 saturated heterocycles. The van der Waals surface area contributed by atoms with Crippen molar-refractivity contribution in [1.82, 2.24) is 24.9 Å². The standard InChI is InChI=1S/C33H51N5O4/c1-9-21(4)32-28(42-33(6,7)8)17-31(41)38(32)24-11-12-35(19-24)26-16-30(40)37(22(26)5)23-10-13-36(18-23)27-15-29(39)34-25(27)14-20(2)3/h15-17,20-25,32H,9-14,18-19H2,1-8H3,(H,34,39)/t21-,22?,23?,24?,25?,32?/m0/s1. The van der Waals surface area contributed by atoms with Crippen LogP contribution in [0.3, 0.4) is 0 Å². The van der Waals surface area contributed by atoms with E-state index in [1.54, 1.807) is 12.2 Å². The van der Waals surface area contributed by atoms with E-state index in [1.807, 2.05) is 31.7 Å². The third kappa shape index (κ3) is 5.93. The molecule has 0 spiro atoms. The Hall–Kier alpha value is -2.97. The fourth-order valence-corrected chi connectivity index (χ4v) is 7.58. The highest BCUT2D eigenvalue weighted by atomic mass is 16.5. The van der Waals surface area contributed by atoms with Gasteiger partial charge in [0.05, 0.1) is 30.2 Å². The number of hydrogen-bond donors (Lipinski definition) is 1. The Morgan fingerprint density at radius 1 is 0.905 bits per heavy atom. The summed E-state index contributed by atoms with van der Waals surface area (Å²) >= 11 is 0. The van der Waals surface area contributed by atoms with E-state index in [1.165, 1.54) is 0 Å². The van der Waals surface area contributed by atoms with Gasteiger partial charge in [0.25, 0.3) is 5.91 Å². The minimum Gasteiger partial charge on any atom is -0.490 e. The van der Waals surface area contributed by atoms with E-state index in [-0.39, 0.29) is 59.4 Å². The Morgan fingerprint density at radius 3 is 2.10 bits per heavy atom. The lowest BCUT2D eigenvalue weighted by atomic mass is 9.96. The number of amides is 3. The molecule has 5 heterocycles. The zero-order chi connectivity index (χ0) is 30.5. The molecule has 0 radical (unpaired) electrons. The third-order valence-corrected chi connectivity index (χ3v) is 9.59. The summed E-state index contributed by atoms with van der Waals surface area (Å²) in [6.07, 6.45) is 8.90. The molecule has 232 valence electrons. The summed E-state index contributed by atoms with van der Waals surface area (Å²) < 4.78 is 6.29. The van der Waals surface area contributed by atoms with Crippen molar-refractivity contribution in [3.8, 4) is 0 Å². The SMILES string of the molecule is CC[C@H](C)C1C(OC(C)(C)C)=CC(=O)N1C1CCN(C2=CC(=O)N(C3CCN(C4=CC(=O)NC4CC(C)C)C3)C2C)C1. The van der Waals surface area contributed by atoms with Gasteiger partial charge >= 0.3 is 0 Å². The van der Waals surface area contributed by atoms with Crippen molar-refractivity contribution >= 4 is 17.7 Å². The molecule has 9 nitrogen and oxygen atoms in total. The van der Waals surface area contributed by atoms with Crippen molar-refractivity contribution < 1.29 is 19.1 Å². The molecule has 5 aliphatic heterocycles. The van der Waals surface area contributed by atoms with Gasteiger partial charge in [-0.2, -0.15) is 0 Å². The Morgan fingerprint density at radius 2 is 1.50 bits per heavy atom. The van der Waals surface area contributed by atoms with Gasteiger partial charge in [-0.25, -0.2) is 0 Å². The van der Waals surface area contributed by atoms with Crippen molar-refractivity contribution in [2.75, 3.05) is 26.2 Å². The van der Waals surface area contributed by atoms with E-state index in [2.05, 4.69) is 54.6 Å². The molecule has 9 heteroatoms. The van der Waals surface area contributed by atoms with Gasteiger partial charge in [-0.1, -0.05) is 34.1 Å². The Balaban J connectivity index is 1.24. The van der Waals surface area contributed by atoms with Crippen molar-refractivity contribution in [3.63, 3.8) is 0 Å². The topological polar surface area (TPSA) is 85.4 Å². The Labute approximate surface area is 252 Å². The number of hydrogen-bond acceptors (Lipinski definition) is 6. The normalized spacial score (nSPS) is 30.9. The highest BCUT2D eigenvalue weighted by molar-refractivity contribution is 5.93. The predicted octanol–water partition coefficient (Wildman–Crippen LogP) is 3.63. The van der Waals surface area contributed by atoms with E-state index >= 15 is 0 Å². The fraction of sp³-hybridized carbons (Fsp3) is 0.727. The van der Waals surface area contributed by atoms with Crippen LogP contribution in [0.4, 0.5) is 0 Å². The highest BCUT2D eigenvalue weighted by Gasteiger charge is 2.47. The molecular weight excluding hydrogens is 530 g/mol. The Bertz CT molecular complexity index is 1180. The van der Waals surface area contributed by atoms with E-state index < -0.39 is 0 Å². The van der Waals surface area contributed by atoms with Crippen LogP contribution in [0.5, 0.6) is 0 Å². The van der Waals surface area contributed by atoms with Crippen LogP contribution < -0.4 is 5.32 Å². The quantitative estimate of drug-likeness (QED) is 0.448. The van der Waals surface area contributed by atoms with Crippen LogP contribution in [0.2, 0.25) is 0 Å². The maximum atomic E-state index is 13.4. The molecule has 2 fully saturated rings. The van der Waals surface area contributed by atoms with Crippen LogP contribution in [0, 0.1) is 11.8 Å². The van der Waals surface area contributed by atoms with Crippen LogP contribution in [0.15, 0.2) is 35.4 Å². The van der Waals surface area contributed by atoms with Crippen LogP contribution in [-0.4, -0.2) is 99.3 Å². The second-order valence-electron chi connectivity index (χ2n) is 14.4. The highest BCUT2D eigenvalue weighted by Crippen LogP contribution is 2.38. The van der Waals surface area contributed by atoms with Crippen molar-refractivity contribution in [2.45, 2.75) is 117 Å². The number of nitrogens with zero attached hydrogens (tertiary/aromatic N) is 4. The summed E-state index contributed by atoms with van der Waals surface area (Å²) in [4.78, 5) is 47.7. The third-order valence-electron chi connectivity index (χ3n) is 9.59. The molecule has 3 amide bonds. The zero-order valence-electron chi connectivity index (χ0n) is 26.9. The zero-order valence-corrected chi connectivity index (χ0v) is 26.9. The molecule has 0 aromatic rings. The van der Waals surface area contributed by atoms with Gasteiger partial charge in [0.1, 0.15) is 11.4 Å². The summed E-state index contributed by atoms with van der Waals surface area (Å²) in [6, 6.07) is 0.143. The van der Waals surface area contributed by atoms with Gasteiger partial charge in [0.2, 0.25) is 11.8 Å². The first-order valence-corrected chi connectivity index (χ1v) is 16.1. The molecule has 5 aliphatic rings. The second-order valence-corrected chi connectivity index (χ2v) is 14.4. The summed E-state index contributed by atoms with van der Waals surface area (Å²) in [5.74, 6) is 1.64. The van der Waals surface area contributed by atoms with Crippen molar-refractivity contribution in [2.24, 2.45) is 11.8 Å². The van der Waals surface area contributed by atoms with Gasteiger partial charge in [-0.05, 0) is 58.8 Å². The fourth-order valence-electron chi connectivity index (χ4n) is 7.58. The van der Waals surface area contributed by atoms with Crippen molar-refractivity contribution in [1.29, 1.82) is 0 Å². The number of carbonyl (C=O) groups excluding carboxylic acids is 3. The average Bonchev–Trinajstić information content (AvgIpc) is 3.70. The molecule has 0 aromatic heterocycles. The molecule has 5 rings (SSSR count). The molecule has 5 unspecified atom stereocenters. The van der Waals surface area contributed by atoms with Gasteiger partial charge in [0.15, 0.2) is 0 Å².